The fourth-order valence-corrected chi connectivity index (χ4v) is 3.08. The number of rotatable bonds is 2. The van der Waals surface area contributed by atoms with Crippen molar-refractivity contribution in [3.63, 3.8) is 0 Å². The van der Waals surface area contributed by atoms with Crippen LogP contribution in [0.1, 0.15) is 69.4 Å². The maximum absolute atomic E-state index is 12.7. The molecule has 22 heavy (non-hydrogen) atoms. The van der Waals surface area contributed by atoms with Gasteiger partial charge in [-0.2, -0.15) is 0 Å². The van der Waals surface area contributed by atoms with E-state index in [9.17, 15) is 9.59 Å². The van der Waals surface area contributed by atoms with E-state index in [-0.39, 0.29) is 5.91 Å². The smallest absolute Gasteiger partial charge is 0.418 e. The molecule has 0 radical (unpaired) electrons. The predicted octanol–water partition coefficient (Wildman–Crippen LogP) is 4.27. The van der Waals surface area contributed by atoms with Crippen LogP contribution < -0.4 is 0 Å². The maximum Gasteiger partial charge on any atom is 0.418 e. The van der Waals surface area contributed by atoms with E-state index in [2.05, 4.69) is 6.92 Å². The second-order valence-corrected chi connectivity index (χ2v) is 7.27. The van der Waals surface area contributed by atoms with Crippen molar-refractivity contribution < 1.29 is 14.3 Å². The topological polar surface area (TPSA) is 46.6 Å². The van der Waals surface area contributed by atoms with Gasteiger partial charge in [-0.25, -0.2) is 9.69 Å². The van der Waals surface area contributed by atoms with Gasteiger partial charge >= 0.3 is 6.09 Å². The van der Waals surface area contributed by atoms with E-state index in [0.717, 1.165) is 24.0 Å². The van der Waals surface area contributed by atoms with Crippen LogP contribution in [0.4, 0.5) is 4.79 Å². The second-order valence-electron chi connectivity index (χ2n) is 7.27. The van der Waals surface area contributed by atoms with Gasteiger partial charge in [0.05, 0.1) is 5.54 Å². The second kappa shape index (κ2) is 5.41. The highest BCUT2D eigenvalue weighted by Gasteiger charge is 2.49. The number of hydrogen-bond donors (Lipinski definition) is 0. The summed E-state index contributed by atoms with van der Waals surface area (Å²) >= 11 is 0. The molecule has 2 amide bonds. The molecule has 0 unspecified atom stereocenters. The number of amides is 2. The van der Waals surface area contributed by atoms with Crippen LogP contribution in [0.2, 0.25) is 0 Å². The first-order chi connectivity index (χ1) is 10.1. The average Bonchev–Trinajstić information content (AvgIpc) is 2.56. The zero-order valence-corrected chi connectivity index (χ0v) is 14.3. The molecule has 1 heterocycles. The van der Waals surface area contributed by atoms with Gasteiger partial charge in [0, 0.05) is 5.56 Å². The van der Waals surface area contributed by atoms with Gasteiger partial charge in [0.1, 0.15) is 5.60 Å². The quantitative estimate of drug-likeness (QED) is 0.820. The number of fused-ring (bicyclic) bond motifs is 1. The summed E-state index contributed by atoms with van der Waals surface area (Å²) in [5.41, 5.74) is 1.37. The highest BCUT2D eigenvalue weighted by atomic mass is 16.6. The lowest BCUT2D eigenvalue weighted by Crippen LogP contribution is -2.46. The Labute approximate surface area is 132 Å². The number of nitrogens with zero attached hydrogens (tertiary/aromatic N) is 1. The number of carbonyl (C=O) groups is 2. The molecule has 0 aromatic heterocycles. The van der Waals surface area contributed by atoms with Crippen molar-refractivity contribution in [1.82, 2.24) is 4.90 Å². The van der Waals surface area contributed by atoms with E-state index in [0.29, 0.717) is 5.56 Å². The zero-order chi connectivity index (χ0) is 16.7. The molecule has 0 atom stereocenters. The number of carbonyl (C=O) groups excluding carboxylic acids is 2. The SMILES string of the molecule is CCCc1cccc2c1C(C)(C)N(C(=O)OC(C)(C)C)C2=O. The third-order valence-corrected chi connectivity index (χ3v) is 3.85. The Morgan fingerprint density at radius 1 is 1.27 bits per heavy atom. The molecule has 0 saturated carbocycles. The number of benzene rings is 1. The van der Waals surface area contributed by atoms with E-state index in [1.165, 1.54) is 4.90 Å². The summed E-state index contributed by atoms with van der Waals surface area (Å²) in [6, 6.07) is 5.72. The van der Waals surface area contributed by atoms with Crippen molar-refractivity contribution in [3.05, 3.63) is 34.9 Å². The van der Waals surface area contributed by atoms with Crippen LogP contribution in [0.3, 0.4) is 0 Å². The first kappa shape index (κ1) is 16.5. The Hall–Kier alpha value is -1.84. The van der Waals surface area contributed by atoms with Crippen molar-refractivity contribution in [2.75, 3.05) is 0 Å². The highest BCUT2D eigenvalue weighted by Crippen LogP contribution is 2.41. The molecule has 2 rings (SSSR count). The lowest BCUT2D eigenvalue weighted by molar-refractivity contribution is 0.00931. The van der Waals surface area contributed by atoms with Gasteiger partial charge in [-0.1, -0.05) is 25.5 Å². The predicted molar refractivity (Wildman–Crippen MR) is 85.9 cm³/mol. The van der Waals surface area contributed by atoms with E-state index < -0.39 is 17.2 Å². The van der Waals surface area contributed by atoms with Gasteiger partial charge in [-0.05, 0) is 58.2 Å². The standard InChI is InChI=1S/C18H25NO3/c1-7-9-12-10-8-11-13-14(12)18(5,6)19(15(13)20)16(21)22-17(2,3)4/h8,10-11H,7,9H2,1-6H3. The molecule has 1 aliphatic heterocycles. The van der Waals surface area contributed by atoms with Gasteiger partial charge in [-0.3, -0.25) is 4.79 Å². The molecular weight excluding hydrogens is 278 g/mol. The molecule has 1 aliphatic rings. The summed E-state index contributed by atoms with van der Waals surface area (Å²) in [5, 5.41) is 0. The van der Waals surface area contributed by atoms with Gasteiger partial charge in [0.2, 0.25) is 0 Å². The van der Waals surface area contributed by atoms with Crippen LogP contribution in [0, 0.1) is 0 Å². The third kappa shape index (κ3) is 2.74. The number of imide groups is 1. The summed E-state index contributed by atoms with van der Waals surface area (Å²) < 4.78 is 5.42. The van der Waals surface area contributed by atoms with Gasteiger partial charge < -0.3 is 4.74 Å². The van der Waals surface area contributed by atoms with Gasteiger partial charge in [0.15, 0.2) is 0 Å². The molecule has 0 saturated heterocycles. The Balaban J connectivity index is 2.48. The molecule has 120 valence electrons. The van der Waals surface area contributed by atoms with Crippen LogP contribution in [0.15, 0.2) is 18.2 Å². The fourth-order valence-electron chi connectivity index (χ4n) is 3.08. The van der Waals surface area contributed by atoms with Crippen molar-refractivity contribution >= 4 is 12.0 Å². The fraction of sp³-hybridized carbons (Fsp3) is 0.556. The van der Waals surface area contributed by atoms with Crippen molar-refractivity contribution in [1.29, 1.82) is 0 Å². The number of hydrogen-bond acceptors (Lipinski definition) is 3. The van der Waals surface area contributed by atoms with Crippen molar-refractivity contribution in [3.8, 4) is 0 Å². The molecule has 0 bridgehead atoms. The minimum Gasteiger partial charge on any atom is -0.443 e. The molecule has 0 spiro atoms. The van der Waals surface area contributed by atoms with E-state index >= 15 is 0 Å². The summed E-state index contributed by atoms with van der Waals surface area (Å²) in [6.07, 6.45) is 1.30. The number of ether oxygens (including phenoxy) is 1. The summed E-state index contributed by atoms with van der Waals surface area (Å²) in [4.78, 5) is 26.5. The molecule has 0 aliphatic carbocycles. The highest BCUT2D eigenvalue weighted by molar-refractivity contribution is 6.08. The van der Waals surface area contributed by atoms with Crippen molar-refractivity contribution in [2.45, 2.75) is 65.5 Å². The lowest BCUT2D eigenvalue weighted by Gasteiger charge is -2.33. The zero-order valence-electron chi connectivity index (χ0n) is 14.3. The van der Waals surface area contributed by atoms with Gasteiger partial charge in [-0.15, -0.1) is 0 Å². The van der Waals surface area contributed by atoms with Crippen LogP contribution in [0.5, 0.6) is 0 Å². The van der Waals surface area contributed by atoms with Crippen LogP contribution in [0.25, 0.3) is 0 Å². The first-order valence-corrected chi connectivity index (χ1v) is 7.79. The summed E-state index contributed by atoms with van der Waals surface area (Å²) in [5.74, 6) is -0.271. The number of aryl methyl sites for hydroxylation is 1. The minimum absolute atomic E-state index is 0.271. The Bertz CT molecular complexity index is 611. The van der Waals surface area contributed by atoms with Crippen LogP contribution in [-0.2, 0) is 16.7 Å². The molecule has 0 fully saturated rings. The normalized spacial score (nSPS) is 16.6. The molecular formula is C18H25NO3. The Morgan fingerprint density at radius 2 is 1.91 bits per heavy atom. The summed E-state index contributed by atoms with van der Waals surface area (Å²) in [7, 11) is 0. The first-order valence-electron chi connectivity index (χ1n) is 7.79. The molecule has 0 N–H and O–H groups in total. The Kier molecular flexibility index (Phi) is 4.07. The molecule has 1 aromatic carbocycles. The van der Waals surface area contributed by atoms with E-state index in [4.69, 9.17) is 4.74 Å². The molecule has 4 heteroatoms. The van der Waals surface area contributed by atoms with Crippen LogP contribution >= 0.6 is 0 Å². The van der Waals surface area contributed by atoms with E-state index in [1.807, 2.05) is 26.0 Å². The largest absolute Gasteiger partial charge is 0.443 e. The summed E-state index contributed by atoms with van der Waals surface area (Å²) in [6.45, 7) is 11.3. The van der Waals surface area contributed by atoms with E-state index in [1.54, 1.807) is 26.8 Å². The average molecular weight is 303 g/mol. The van der Waals surface area contributed by atoms with Crippen molar-refractivity contribution in [2.24, 2.45) is 0 Å². The lowest BCUT2D eigenvalue weighted by atomic mass is 9.87. The molecule has 1 aromatic rings. The Morgan fingerprint density at radius 3 is 2.45 bits per heavy atom. The monoisotopic (exact) mass is 303 g/mol. The molecule has 4 nitrogen and oxygen atoms in total. The third-order valence-electron chi connectivity index (χ3n) is 3.85. The minimum atomic E-state index is -0.694. The van der Waals surface area contributed by atoms with Gasteiger partial charge in [0.25, 0.3) is 5.91 Å². The van der Waals surface area contributed by atoms with Crippen LogP contribution in [-0.4, -0.2) is 22.5 Å². The maximum atomic E-state index is 12.7.